The average molecular weight is 1100 g/mol. The van der Waals surface area contributed by atoms with Crippen LogP contribution < -0.4 is 0 Å². The molecule has 6 heteroatoms. The zero-order valence-corrected chi connectivity index (χ0v) is 52.1. The maximum atomic E-state index is 12.8. The third kappa shape index (κ3) is 65.0. The second-order valence-electron chi connectivity index (χ2n) is 22.4. The average Bonchev–Trinajstić information content (AvgIpc) is 3.45. The predicted octanol–water partition coefficient (Wildman–Crippen LogP) is 23.2. The van der Waals surface area contributed by atoms with E-state index < -0.39 is 6.10 Å². The zero-order valence-electron chi connectivity index (χ0n) is 52.1. The molecule has 0 aromatic carbocycles. The largest absolute Gasteiger partial charge is 0.462 e. The van der Waals surface area contributed by atoms with Gasteiger partial charge in [-0.25, -0.2) is 0 Å². The highest BCUT2D eigenvalue weighted by atomic mass is 16.6. The van der Waals surface area contributed by atoms with E-state index in [-0.39, 0.29) is 37.5 Å². The van der Waals surface area contributed by atoms with Gasteiger partial charge in [0.15, 0.2) is 6.10 Å². The Bertz CT molecular complexity index is 1540. The summed E-state index contributed by atoms with van der Waals surface area (Å²) in [6.07, 6.45) is 90.7. The fourth-order valence-corrected chi connectivity index (χ4v) is 9.54. The lowest BCUT2D eigenvalue weighted by molar-refractivity contribution is -0.167. The number of hydrogen-bond donors (Lipinski definition) is 0. The third-order valence-corrected chi connectivity index (χ3v) is 14.6. The molecule has 0 radical (unpaired) electrons. The molecule has 0 aliphatic heterocycles. The Morgan fingerprint density at radius 3 is 0.797 bits per heavy atom. The van der Waals surface area contributed by atoms with Crippen molar-refractivity contribution < 1.29 is 28.6 Å². The summed E-state index contributed by atoms with van der Waals surface area (Å²) in [5.74, 6) is -0.942. The van der Waals surface area contributed by atoms with Crippen LogP contribution in [-0.4, -0.2) is 37.2 Å². The summed E-state index contributed by atoms with van der Waals surface area (Å²) in [6, 6.07) is 0. The van der Waals surface area contributed by atoms with Gasteiger partial charge >= 0.3 is 17.9 Å². The molecule has 0 rings (SSSR count). The van der Waals surface area contributed by atoms with Gasteiger partial charge < -0.3 is 14.2 Å². The first-order valence-electron chi connectivity index (χ1n) is 33.7. The van der Waals surface area contributed by atoms with Gasteiger partial charge in [0.25, 0.3) is 0 Å². The molecular formula is C73H126O6. The first kappa shape index (κ1) is 75.3. The van der Waals surface area contributed by atoms with Crippen LogP contribution >= 0.6 is 0 Å². The molecule has 0 amide bonds. The van der Waals surface area contributed by atoms with Gasteiger partial charge in [-0.05, 0) is 103 Å². The number of allylic oxidation sites excluding steroid dienone is 16. The molecule has 1 atom stereocenters. The minimum Gasteiger partial charge on any atom is -0.462 e. The van der Waals surface area contributed by atoms with Crippen molar-refractivity contribution in [3.8, 4) is 0 Å². The Labute approximate surface area is 489 Å². The van der Waals surface area contributed by atoms with E-state index in [9.17, 15) is 14.4 Å². The quantitative estimate of drug-likeness (QED) is 0.0261. The van der Waals surface area contributed by atoms with Crippen LogP contribution in [0.3, 0.4) is 0 Å². The smallest absolute Gasteiger partial charge is 0.306 e. The Kier molecular flexibility index (Phi) is 63.7. The van der Waals surface area contributed by atoms with Gasteiger partial charge in [0.1, 0.15) is 13.2 Å². The molecule has 1 unspecified atom stereocenters. The van der Waals surface area contributed by atoms with Gasteiger partial charge in [0.2, 0.25) is 0 Å². The fraction of sp³-hybridized carbons (Fsp3) is 0.740. The number of unbranched alkanes of at least 4 members (excludes halogenated alkanes) is 34. The third-order valence-electron chi connectivity index (χ3n) is 14.6. The Morgan fingerprint density at radius 1 is 0.266 bits per heavy atom. The topological polar surface area (TPSA) is 78.9 Å². The van der Waals surface area contributed by atoms with Crippen molar-refractivity contribution in [1.82, 2.24) is 0 Å². The molecule has 79 heavy (non-hydrogen) atoms. The fourth-order valence-electron chi connectivity index (χ4n) is 9.54. The predicted molar refractivity (Wildman–Crippen MR) is 344 cm³/mol. The summed E-state index contributed by atoms with van der Waals surface area (Å²) in [5.41, 5.74) is 0. The first-order chi connectivity index (χ1) is 39.0. The second kappa shape index (κ2) is 66.8. The van der Waals surface area contributed by atoms with Gasteiger partial charge in [0.05, 0.1) is 0 Å². The Balaban J connectivity index is 3.97. The molecule has 0 saturated heterocycles. The van der Waals surface area contributed by atoms with Gasteiger partial charge in [-0.15, -0.1) is 0 Å². The number of ether oxygens (including phenoxy) is 3. The maximum Gasteiger partial charge on any atom is 0.306 e. The second-order valence-corrected chi connectivity index (χ2v) is 22.4. The molecular weight excluding hydrogens is 973 g/mol. The monoisotopic (exact) mass is 1100 g/mol. The van der Waals surface area contributed by atoms with E-state index in [4.69, 9.17) is 14.2 Å². The van der Waals surface area contributed by atoms with E-state index in [1.807, 2.05) is 0 Å². The lowest BCUT2D eigenvalue weighted by atomic mass is 10.0. The van der Waals surface area contributed by atoms with E-state index in [2.05, 4.69) is 118 Å². The van der Waals surface area contributed by atoms with Crippen LogP contribution in [0.1, 0.15) is 329 Å². The highest BCUT2D eigenvalue weighted by molar-refractivity contribution is 5.71. The van der Waals surface area contributed by atoms with Crippen LogP contribution in [0.15, 0.2) is 97.2 Å². The van der Waals surface area contributed by atoms with E-state index >= 15 is 0 Å². The Morgan fingerprint density at radius 2 is 0.494 bits per heavy atom. The summed E-state index contributed by atoms with van der Waals surface area (Å²) < 4.78 is 16.7. The van der Waals surface area contributed by atoms with Gasteiger partial charge in [0, 0.05) is 19.3 Å². The molecule has 0 spiro atoms. The van der Waals surface area contributed by atoms with Crippen LogP contribution in [-0.2, 0) is 28.6 Å². The summed E-state index contributed by atoms with van der Waals surface area (Å²) >= 11 is 0. The van der Waals surface area contributed by atoms with Crippen LogP contribution in [0.25, 0.3) is 0 Å². The summed E-state index contributed by atoms with van der Waals surface area (Å²) in [4.78, 5) is 37.9. The molecule has 0 aliphatic carbocycles. The SMILES string of the molecule is CC/C=C\C/C=C\C/C=C\C/C=C\C/C=C\C/C=C\CCCCC(=O)OC(COC(=O)CCCCCCC)COC(=O)CCCCCCCCCCCCCCCCCCCCCCCCC/C=C\C/C=C\CCCCCCC. The zero-order chi connectivity index (χ0) is 57.1. The van der Waals surface area contributed by atoms with Crippen molar-refractivity contribution >= 4 is 17.9 Å². The molecule has 454 valence electrons. The molecule has 0 saturated carbocycles. The highest BCUT2D eigenvalue weighted by Crippen LogP contribution is 2.17. The molecule has 0 aromatic heterocycles. The van der Waals surface area contributed by atoms with Crippen LogP contribution in [0.2, 0.25) is 0 Å². The minimum atomic E-state index is -0.797. The van der Waals surface area contributed by atoms with Crippen molar-refractivity contribution in [2.45, 2.75) is 335 Å². The number of esters is 3. The van der Waals surface area contributed by atoms with Crippen LogP contribution in [0.5, 0.6) is 0 Å². The number of carbonyl (C=O) groups is 3. The van der Waals surface area contributed by atoms with Gasteiger partial charge in [-0.2, -0.15) is 0 Å². The standard InChI is InChI=1S/C73H126O6/c1-4-7-10-13-15-17-19-21-23-25-27-29-30-31-32-33-34-35-36-37-38-39-40-41-42-44-45-47-49-51-53-55-57-60-63-66-72(75)78-69-70(68-77-71(74)65-62-59-12-9-6-3)79-73(76)67-64-61-58-56-54-52-50-48-46-43-28-26-24-22-20-18-16-14-11-8-5-2/h8,11,16,18-19,21-22,24-25,27-28,43,48,50,54,56,70H,4-7,9-10,12-15,17,20,23,26,29-42,44-47,49,51-53,55,57-69H2,1-3H3/b11-8-,18-16-,21-19-,24-22-,27-25-,43-28-,50-48-,56-54-. The van der Waals surface area contributed by atoms with E-state index in [1.165, 1.54) is 180 Å². The van der Waals surface area contributed by atoms with Gasteiger partial charge in [-0.3, -0.25) is 14.4 Å². The molecule has 0 aliphatic rings. The molecule has 0 fully saturated rings. The van der Waals surface area contributed by atoms with E-state index in [0.29, 0.717) is 19.3 Å². The number of carbonyl (C=O) groups excluding carboxylic acids is 3. The maximum absolute atomic E-state index is 12.8. The minimum absolute atomic E-state index is 0.0928. The van der Waals surface area contributed by atoms with E-state index in [0.717, 1.165) is 103 Å². The van der Waals surface area contributed by atoms with Crippen molar-refractivity contribution in [3.05, 3.63) is 97.2 Å². The Hall–Kier alpha value is -3.67. The summed E-state index contributed by atoms with van der Waals surface area (Å²) in [7, 11) is 0. The van der Waals surface area contributed by atoms with Crippen molar-refractivity contribution in [2.75, 3.05) is 13.2 Å². The normalized spacial score (nSPS) is 12.7. The van der Waals surface area contributed by atoms with Gasteiger partial charge in [-0.1, -0.05) is 304 Å². The molecule has 6 nitrogen and oxygen atoms in total. The van der Waals surface area contributed by atoms with Crippen LogP contribution in [0.4, 0.5) is 0 Å². The molecule has 0 heterocycles. The lowest BCUT2D eigenvalue weighted by Crippen LogP contribution is -2.30. The van der Waals surface area contributed by atoms with Crippen molar-refractivity contribution in [1.29, 1.82) is 0 Å². The number of rotatable bonds is 61. The highest BCUT2D eigenvalue weighted by Gasteiger charge is 2.19. The summed E-state index contributed by atoms with van der Waals surface area (Å²) in [6.45, 7) is 6.42. The van der Waals surface area contributed by atoms with Crippen molar-refractivity contribution in [2.24, 2.45) is 0 Å². The van der Waals surface area contributed by atoms with Crippen LogP contribution in [0, 0.1) is 0 Å². The molecule has 0 aromatic rings. The summed E-state index contributed by atoms with van der Waals surface area (Å²) in [5, 5.41) is 0. The number of hydrogen-bond acceptors (Lipinski definition) is 6. The molecule has 0 N–H and O–H groups in total. The lowest BCUT2D eigenvalue weighted by Gasteiger charge is -2.18. The van der Waals surface area contributed by atoms with E-state index in [1.54, 1.807) is 0 Å². The van der Waals surface area contributed by atoms with Crippen molar-refractivity contribution in [3.63, 3.8) is 0 Å². The first-order valence-corrected chi connectivity index (χ1v) is 33.7. The molecule has 0 bridgehead atoms.